The van der Waals surface area contributed by atoms with E-state index in [-0.39, 0.29) is 6.10 Å². The minimum absolute atomic E-state index is 0.0990. The van der Waals surface area contributed by atoms with E-state index in [4.69, 9.17) is 10.5 Å². The fourth-order valence-corrected chi connectivity index (χ4v) is 1.92. The summed E-state index contributed by atoms with van der Waals surface area (Å²) in [5, 5.41) is 3.23. The van der Waals surface area contributed by atoms with Gasteiger partial charge >= 0.3 is 0 Å². The number of hydrogen-bond donors (Lipinski definition) is 2. The Balaban J connectivity index is 1.93. The monoisotopic (exact) mass is 286 g/mol. The fourth-order valence-electron chi connectivity index (χ4n) is 1.92. The summed E-state index contributed by atoms with van der Waals surface area (Å²) in [7, 11) is 0. The number of ether oxygens (including phenoxy) is 1. The molecule has 0 fully saturated rings. The quantitative estimate of drug-likeness (QED) is 0.799. The molecule has 0 aliphatic rings. The van der Waals surface area contributed by atoms with Crippen LogP contribution in [0.25, 0.3) is 0 Å². The van der Waals surface area contributed by atoms with Crippen LogP contribution in [0, 0.1) is 6.92 Å². The summed E-state index contributed by atoms with van der Waals surface area (Å²) >= 11 is 0. The number of aromatic nitrogens is 2. The summed E-state index contributed by atoms with van der Waals surface area (Å²) in [6.45, 7) is 6.64. The molecular formula is C16H22N4O. The average Bonchev–Trinajstić information content (AvgIpc) is 2.39. The Kier molecular flexibility index (Phi) is 4.98. The molecule has 0 unspecified atom stereocenters. The molecular weight excluding hydrogens is 264 g/mol. The van der Waals surface area contributed by atoms with Crippen molar-refractivity contribution in [1.82, 2.24) is 9.97 Å². The molecule has 0 aliphatic heterocycles. The average molecular weight is 286 g/mol. The van der Waals surface area contributed by atoms with Gasteiger partial charge < -0.3 is 15.8 Å². The van der Waals surface area contributed by atoms with E-state index in [0.29, 0.717) is 11.8 Å². The lowest BCUT2D eigenvalue weighted by atomic mass is 10.1. The topological polar surface area (TPSA) is 73.1 Å². The number of rotatable bonds is 6. The van der Waals surface area contributed by atoms with Crippen molar-refractivity contribution in [3.8, 4) is 5.88 Å². The van der Waals surface area contributed by atoms with Gasteiger partial charge in [-0.1, -0.05) is 12.1 Å². The number of anilines is 2. The normalized spacial score (nSPS) is 10.7. The van der Waals surface area contributed by atoms with E-state index in [9.17, 15) is 0 Å². The Morgan fingerprint density at radius 1 is 1.19 bits per heavy atom. The highest BCUT2D eigenvalue weighted by Gasteiger charge is 2.04. The third-order valence-electron chi connectivity index (χ3n) is 2.86. The fraction of sp³-hybridized carbons (Fsp3) is 0.375. The molecule has 1 aromatic carbocycles. The number of hydrogen-bond acceptors (Lipinski definition) is 5. The zero-order chi connectivity index (χ0) is 15.2. The molecule has 0 bridgehead atoms. The number of nitrogens with one attached hydrogen (secondary N) is 1. The molecule has 2 rings (SSSR count). The van der Waals surface area contributed by atoms with Crippen LogP contribution in [0.4, 0.5) is 11.6 Å². The molecule has 0 atom stereocenters. The van der Waals surface area contributed by atoms with Crippen LogP contribution < -0.4 is 15.8 Å². The van der Waals surface area contributed by atoms with Crippen LogP contribution in [-0.4, -0.2) is 22.6 Å². The Hall–Kier alpha value is -2.30. The van der Waals surface area contributed by atoms with Gasteiger partial charge in [-0.05, 0) is 44.9 Å². The highest BCUT2D eigenvalue weighted by atomic mass is 16.5. The molecule has 112 valence electrons. The molecule has 0 aliphatic carbocycles. The van der Waals surface area contributed by atoms with Crippen molar-refractivity contribution >= 4 is 11.6 Å². The summed E-state index contributed by atoms with van der Waals surface area (Å²) in [5.41, 5.74) is 8.56. The lowest BCUT2D eigenvalue weighted by Crippen LogP contribution is -2.12. The van der Waals surface area contributed by atoms with Crippen LogP contribution in [0.15, 0.2) is 30.3 Å². The van der Waals surface area contributed by atoms with Gasteiger partial charge in [0, 0.05) is 24.0 Å². The minimum atomic E-state index is 0.0990. The maximum atomic E-state index is 5.67. The molecule has 21 heavy (non-hydrogen) atoms. The van der Waals surface area contributed by atoms with Crippen molar-refractivity contribution in [3.63, 3.8) is 0 Å². The van der Waals surface area contributed by atoms with E-state index < -0.39 is 0 Å². The zero-order valence-electron chi connectivity index (χ0n) is 12.8. The van der Waals surface area contributed by atoms with Crippen molar-refractivity contribution in [2.45, 2.75) is 33.3 Å². The van der Waals surface area contributed by atoms with Crippen molar-refractivity contribution in [2.75, 3.05) is 17.6 Å². The smallest absolute Gasteiger partial charge is 0.226 e. The first kappa shape index (κ1) is 15.1. The van der Waals surface area contributed by atoms with Crippen LogP contribution in [0.2, 0.25) is 0 Å². The lowest BCUT2D eigenvalue weighted by molar-refractivity contribution is 0.232. The van der Waals surface area contributed by atoms with Crippen LogP contribution >= 0.6 is 0 Å². The molecule has 1 aromatic heterocycles. The van der Waals surface area contributed by atoms with Crippen molar-refractivity contribution in [2.24, 2.45) is 0 Å². The predicted molar refractivity (Wildman–Crippen MR) is 85.6 cm³/mol. The molecule has 2 aromatic rings. The van der Waals surface area contributed by atoms with Gasteiger partial charge in [-0.25, -0.2) is 4.98 Å². The third kappa shape index (κ3) is 4.95. The standard InChI is InChI=1S/C16H22N4O/c1-11(2)21-15-10-12(3)19-16(20-15)18-9-8-13-4-6-14(17)7-5-13/h4-7,10-11H,8-9,17H2,1-3H3,(H,18,19,20). The van der Waals surface area contributed by atoms with E-state index in [1.165, 1.54) is 5.56 Å². The molecule has 3 N–H and O–H groups in total. The number of nitrogens with two attached hydrogens (primary N) is 1. The van der Waals surface area contributed by atoms with Gasteiger partial charge in [0.2, 0.25) is 11.8 Å². The van der Waals surface area contributed by atoms with Gasteiger partial charge in [0.15, 0.2) is 0 Å². The van der Waals surface area contributed by atoms with Gasteiger partial charge in [0.1, 0.15) is 0 Å². The summed E-state index contributed by atoms with van der Waals surface area (Å²) in [6, 6.07) is 9.72. The molecule has 0 saturated carbocycles. The maximum absolute atomic E-state index is 5.67. The van der Waals surface area contributed by atoms with Gasteiger partial charge in [-0.3, -0.25) is 0 Å². The molecule has 0 saturated heterocycles. The number of aryl methyl sites for hydroxylation is 1. The van der Waals surface area contributed by atoms with E-state index in [0.717, 1.165) is 24.3 Å². The van der Waals surface area contributed by atoms with Crippen molar-refractivity contribution in [3.05, 3.63) is 41.6 Å². The Morgan fingerprint density at radius 2 is 1.90 bits per heavy atom. The van der Waals surface area contributed by atoms with E-state index in [1.807, 2.05) is 51.1 Å². The summed E-state index contributed by atoms with van der Waals surface area (Å²) in [4.78, 5) is 8.72. The summed E-state index contributed by atoms with van der Waals surface area (Å²) in [6.07, 6.45) is 0.986. The van der Waals surface area contributed by atoms with Crippen LogP contribution in [0.3, 0.4) is 0 Å². The Labute approximate surface area is 125 Å². The maximum Gasteiger partial charge on any atom is 0.226 e. The lowest BCUT2D eigenvalue weighted by Gasteiger charge is -2.11. The number of nitrogens with zero attached hydrogens (tertiary/aromatic N) is 2. The highest BCUT2D eigenvalue weighted by Crippen LogP contribution is 2.13. The van der Waals surface area contributed by atoms with Crippen molar-refractivity contribution < 1.29 is 4.74 Å². The van der Waals surface area contributed by atoms with Crippen LogP contribution in [-0.2, 0) is 6.42 Å². The van der Waals surface area contributed by atoms with Gasteiger partial charge in [-0.15, -0.1) is 0 Å². The van der Waals surface area contributed by atoms with Crippen LogP contribution in [0.5, 0.6) is 5.88 Å². The highest BCUT2D eigenvalue weighted by molar-refractivity contribution is 5.39. The molecule has 5 nitrogen and oxygen atoms in total. The molecule has 0 amide bonds. The Bertz CT molecular complexity index is 581. The second-order valence-corrected chi connectivity index (χ2v) is 5.26. The molecule has 5 heteroatoms. The zero-order valence-corrected chi connectivity index (χ0v) is 12.8. The number of nitrogen functional groups attached to an aromatic ring is 1. The van der Waals surface area contributed by atoms with Gasteiger partial charge in [-0.2, -0.15) is 4.98 Å². The SMILES string of the molecule is Cc1cc(OC(C)C)nc(NCCc2ccc(N)cc2)n1. The first-order valence-corrected chi connectivity index (χ1v) is 7.13. The second kappa shape index (κ2) is 6.92. The summed E-state index contributed by atoms with van der Waals surface area (Å²) < 4.78 is 5.61. The molecule has 1 heterocycles. The van der Waals surface area contributed by atoms with Crippen LogP contribution in [0.1, 0.15) is 25.1 Å². The van der Waals surface area contributed by atoms with Gasteiger partial charge in [0.25, 0.3) is 0 Å². The third-order valence-corrected chi connectivity index (χ3v) is 2.86. The minimum Gasteiger partial charge on any atom is -0.475 e. The first-order chi connectivity index (χ1) is 10.0. The Morgan fingerprint density at radius 3 is 2.57 bits per heavy atom. The van der Waals surface area contributed by atoms with Crippen molar-refractivity contribution in [1.29, 1.82) is 0 Å². The largest absolute Gasteiger partial charge is 0.475 e. The number of benzene rings is 1. The first-order valence-electron chi connectivity index (χ1n) is 7.13. The van der Waals surface area contributed by atoms with Gasteiger partial charge in [0.05, 0.1) is 6.10 Å². The molecule has 0 spiro atoms. The van der Waals surface area contributed by atoms with E-state index in [2.05, 4.69) is 15.3 Å². The predicted octanol–water partition coefficient (Wildman–Crippen LogP) is 2.81. The molecule has 0 radical (unpaired) electrons. The van der Waals surface area contributed by atoms with E-state index in [1.54, 1.807) is 0 Å². The second-order valence-electron chi connectivity index (χ2n) is 5.26. The summed E-state index contributed by atoms with van der Waals surface area (Å²) in [5.74, 6) is 1.20. The van der Waals surface area contributed by atoms with E-state index >= 15 is 0 Å².